The van der Waals surface area contributed by atoms with Crippen molar-refractivity contribution in [2.24, 2.45) is 5.73 Å². The molecule has 2 aromatic rings. The van der Waals surface area contributed by atoms with Crippen LogP contribution in [0.3, 0.4) is 0 Å². The van der Waals surface area contributed by atoms with Crippen molar-refractivity contribution in [3.8, 4) is 0 Å². The highest BCUT2D eigenvalue weighted by atomic mass is 16.4. The monoisotopic (exact) mass is 316 g/mol. The lowest BCUT2D eigenvalue weighted by Gasteiger charge is -2.17. The number of benzene rings is 1. The van der Waals surface area contributed by atoms with Crippen molar-refractivity contribution in [3.05, 3.63) is 34.5 Å². The second-order valence-corrected chi connectivity index (χ2v) is 6.84. The third-order valence-electron chi connectivity index (χ3n) is 4.52. The minimum absolute atomic E-state index is 0.269. The number of aromatic nitrogens is 1. The minimum Gasteiger partial charge on any atom is -0.478 e. The van der Waals surface area contributed by atoms with E-state index >= 15 is 0 Å². The van der Waals surface area contributed by atoms with E-state index in [-0.39, 0.29) is 5.92 Å². The molecule has 1 aromatic carbocycles. The fraction of sp³-hybridized carbons (Fsp3) is 0.526. The molecule has 126 valence electrons. The summed E-state index contributed by atoms with van der Waals surface area (Å²) in [6.07, 6.45) is 1.80. The molecule has 0 spiro atoms. The van der Waals surface area contributed by atoms with Gasteiger partial charge in [0.2, 0.25) is 0 Å². The summed E-state index contributed by atoms with van der Waals surface area (Å²) in [5.41, 5.74) is 10.8. The van der Waals surface area contributed by atoms with Crippen molar-refractivity contribution < 1.29 is 9.90 Å². The van der Waals surface area contributed by atoms with Crippen LogP contribution in [0.1, 0.15) is 73.3 Å². The molecular weight excluding hydrogens is 288 g/mol. The maximum Gasteiger partial charge on any atom is 0.335 e. The van der Waals surface area contributed by atoms with Crippen molar-refractivity contribution in [1.29, 1.82) is 0 Å². The normalized spacial score (nSPS) is 11.8. The van der Waals surface area contributed by atoms with Crippen molar-refractivity contribution in [2.75, 3.05) is 6.54 Å². The molecule has 0 unspecified atom stereocenters. The highest BCUT2D eigenvalue weighted by Crippen LogP contribution is 2.36. The summed E-state index contributed by atoms with van der Waals surface area (Å²) in [7, 11) is 0. The Kier molecular flexibility index (Phi) is 5.15. The lowest BCUT2D eigenvalue weighted by molar-refractivity contribution is 0.0697. The number of hydrogen-bond donors (Lipinski definition) is 2. The van der Waals surface area contributed by atoms with Gasteiger partial charge in [0, 0.05) is 17.1 Å². The predicted molar refractivity (Wildman–Crippen MR) is 95.5 cm³/mol. The SMILES string of the molecule is Cc1c(CCCN)c2cc(C(=O)O)cc(C(C)C)c2n1C(C)C. The molecule has 0 saturated carbocycles. The number of carboxylic acid groups (broad SMARTS) is 1. The number of nitrogens with zero attached hydrogens (tertiary/aromatic N) is 1. The molecule has 0 fully saturated rings. The second-order valence-electron chi connectivity index (χ2n) is 6.84. The van der Waals surface area contributed by atoms with E-state index in [4.69, 9.17) is 5.73 Å². The summed E-state index contributed by atoms with van der Waals surface area (Å²) >= 11 is 0. The standard InChI is InChI=1S/C19H28N2O2/c1-11(2)16-9-14(19(22)23)10-17-15(7-6-8-20)13(5)21(12(3)4)18(16)17/h9-12H,6-8,20H2,1-5H3,(H,22,23). The van der Waals surface area contributed by atoms with Gasteiger partial charge < -0.3 is 15.4 Å². The van der Waals surface area contributed by atoms with Crippen LogP contribution in [0, 0.1) is 6.92 Å². The number of aromatic carboxylic acids is 1. The maximum atomic E-state index is 11.5. The predicted octanol–water partition coefficient (Wildman–Crippen LogP) is 4.24. The average molecular weight is 316 g/mol. The molecule has 4 nitrogen and oxygen atoms in total. The molecule has 0 saturated heterocycles. The van der Waals surface area contributed by atoms with E-state index in [0.717, 1.165) is 23.8 Å². The molecule has 0 aliphatic carbocycles. The zero-order valence-corrected chi connectivity index (χ0v) is 14.8. The maximum absolute atomic E-state index is 11.5. The lowest BCUT2D eigenvalue weighted by Crippen LogP contribution is -2.07. The third kappa shape index (κ3) is 3.13. The molecule has 1 heterocycles. The first-order chi connectivity index (χ1) is 10.8. The number of carbonyl (C=O) groups is 1. The van der Waals surface area contributed by atoms with Gasteiger partial charge in [0.05, 0.1) is 11.1 Å². The van der Waals surface area contributed by atoms with Crippen molar-refractivity contribution in [3.63, 3.8) is 0 Å². The van der Waals surface area contributed by atoms with Crippen LogP contribution in [0.25, 0.3) is 10.9 Å². The van der Waals surface area contributed by atoms with Crippen molar-refractivity contribution in [1.82, 2.24) is 4.57 Å². The molecular formula is C19H28N2O2. The minimum atomic E-state index is -0.867. The molecule has 0 aliphatic rings. The largest absolute Gasteiger partial charge is 0.478 e. The van der Waals surface area contributed by atoms with Crippen molar-refractivity contribution in [2.45, 2.75) is 59.4 Å². The van der Waals surface area contributed by atoms with Gasteiger partial charge in [0.25, 0.3) is 0 Å². The van der Waals surface area contributed by atoms with E-state index in [9.17, 15) is 9.90 Å². The molecule has 0 amide bonds. The van der Waals surface area contributed by atoms with Gasteiger partial charge in [0.1, 0.15) is 0 Å². The Morgan fingerprint density at radius 1 is 1.26 bits per heavy atom. The Hall–Kier alpha value is -1.81. The van der Waals surface area contributed by atoms with Crippen LogP contribution in [0.4, 0.5) is 0 Å². The van der Waals surface area contributed by atoms with Crippen LogP contribution in [0.15, 0.2) is 12.1 Å². The summed E-state index contributed by atoms with van der Waals surface area (Å²) < 4.78 is 2.35. The van der Waals surface area contributed by atoms with E-state index in [1.807, 2.05) is 12.1 Å². The van der Waals surface area contributed by atoms with Gasteiger partial charge in [-0.2, -0.15) is 0 Å². The Balaban J connectivity index is 2.89. The Labute approximate surface area is 138 Å². The third-order valence-corrected chi connectivity index (χ3v) is 4.52. The molecule has 1 aromatic heterocycles. The summed E-state index contributed by atoms with van der Waals surface area (Å²) in [6, 6.07) is 4.00. The molecule has 4 heteroatoms. The van der Waals surface area contributed by atoms with Gasteiger partial charge in [-0.25, -0.2) is 4.79 Å². The van der Waals surface area contributed by atoms with E-state index in [2.05, 4.69) is 39.2 Å². The van der Waals surface area contributed by atoms with Gasteiger partial charge in [0.15, 0.2) is 0 Å². The van der Waals surface area contributed by atoms with Gasteiger partial charge in [-0.3, -0.25) is 0 Å². The second kappa shape index (κ2) is 6.75. The highest BCUT2D eigenvalue weighted by molar-refractivity contribution is 5.97. The zero-order valence-electron chi connectivity index (χ0n) is 14.8. The Morgan fingerprint density at radius 3 is 2.39 bits per heavy atom. The van der Waals surface area contributed by atoms with Crippen LogP contribution >= 0.6 is 0 Å². The van der Waals surface area contributed by atoms with Gasteiger partial charge >= 0.3 is 5.97 Å². The van der Waals surface area contributed by atoms with Crippen LogP contribution in [0.5, 0.6) is 0 Å². The number of rotatable bonds is 6. The Morgan fingerprint density at radius 2 is 1.91 bits per heavy atom. The number of aryl methyl sites for hydroxylation is 1. The average Bonchev–Trinajstić information content (AvgIpc) is 2.75. The van der Waals surface area contributed by atoms with Crippen LogP contribution in [-0.2, 0) is 6.42 Å². The summed E-state index contributed by atoms with van der Waals surface area (Å²) in [4.78, 5) is 11.5. The molecule has 0 aliphatic heterocycles. The number of carboxylic acids is 1. The fourth-order valence-corrected chi connectivity index (χ4v) is 3.47. The smallest absolute Gasteiger partial charge is 0.335 e. The van der Waals surface area contributed by atoms with E-state index in [1.54, 1.807) is 0 Å². The zero-order chi connectivity index (χ0) is 17.3. The molecule has 0 radical (unpaired) electrons. The quantitative estimate of drug-likeness (QED) is 0.837. The van der Waals surface area contributed by atoms with Crippen LogP contribution in [0.2, 0.25) is 0 Å². The molecule has 0 bridgehead atoms. The molecule has 3 N–H and O–H groups in total. The van der Waals surface area contributed by atoms with E-state index in [1.165, 1.54) is 16.8 Å². The lowest BCUT2D eigenvalue weighted by atomic mass is 9.95. The fourth-order valence-electron chi connectivity index (χ4n) is 3.47. The van der Waals surface area contributed by atoms with Gasteiger partial charge in [-0.15, -0.1) is 0 Å². The van der Waals surface area contributed by atoms with E-state index < -0.39 is 5.97 Å². The highest BCUT2D eigenvalue weighted by Gasteiger charge is 2.21. The van der Waals surface area contributed by atoms with Crippen LogP contribution in [-0.4, -0.2) is 22.2 Å². The number of fused-ring (bicyclic) bond motifs is 1. The Bertz CT molecular complexity index is 727. The van der Waals surface area contributed by atoms with Gasteiger partial charge in [-0.05, 0) is 69.3 Å². The van der Waals surface area contributed by atoms with Crippen LogP contribution < -0.4 is 5.73 Å². The number of hydrogen-bond acceptors (Lipinski definition) is 2. The first kappa shape index (κ1) is 17.5. The summed E-state index contributed by atoms with van der Waals surface area (Å²) in [6.45, 7) is 11.4. The number of nitrogens with two attached hydrogens (primary N) is 1. The topological polar surface area (TPSA) is 68.2 Å². The molecule has 2 rings (SSSR count). The van der Waals surface area contributed by atoms with Gasteiger partial charge in [-0.1, -0.05) is 13.8 Å². The first-order valence-electron chi connectivity index (χ1n) is 8.40. The molecule has 23 heavy (non-hydrogen) atoms. The summed E-state index contributed by atoms with van der Waals surface area (Å²) in [5.74, 6) is -0.598. The van der Waals surface area contributed by atoms with Crippen molar-refractivity contribution >= 4 is 16.9 Å². The van der Waals surface area contributed by atoms with E-state index in [0.29, 0.717) is 18.2 Å². The summed E-state index contributed by atoms with van der Waals surface area (Å²) in [5, 5.41) is 10.6. The molecule has 0 atom stereocenters. The first-order valence-corrected chi connectivity index (χ1v) is 8.40.